The van der Waals surface area contributed by atoms with Crippen LogP contribution in [0.4, 0.5) is 39.8 Å². The molecule has 0 aromatic heterocycles. The van der Waals surface area contributed by atoms with Crippen molar-refractivity contribution in [1.29, 1.82) is 0 Å². The summed E-state index contributed by atoms with van der Waals surface area (Å²) in [4.78, 5) is 58.3. The van der Waals surface area contributed by atoms with Gasteiger partial charge in [-0.2, -0.15) is 0 Å². The van der Waals surface area contributed by atoms with Crippen molar-refractivity contribution in [3.63, 3.8) is 0 Å². The highest BCUT2D eigenvalue weighted by Crippen LogP contribution is 2.41. The second kappa shape index (κ2) is 13.4. The highest BCUT2D eigenvalue weighted by atomic mass is 16.6. The third kappa shape index (κ3) is 6.84. The minimum atomic E-state index is -0.897. The molecular formula is C31H21N7O10. The fourth-order valence-electron chi connectivity index (χ4n) is 4.56. The van der Waals surface area contributed by atoms with Crippen LogP contribution in [0.3, 0.4) is 0 Å². The molecule has 3 N–H and O–H groups in total. The summed E-state index contributed by atoms with van der Waals surface area (Å²) in [5.74, 6) is -2.09. The van der Waals surface area contributed by atoms with E-state index in [-0.39, 0.29) is 67.5 Å². The van der Waals surface area contributed by atoms with E-state index in [1.807, 2.05) is 0 Å². The van der Waals surface area contributed by atoms with E-state index in [2.05, 4.69) is 20.9 Å². The summed E-state index contributed by atoms with van der Waals surface area (Å²) < 4.78 is 5.22. The summed E-state index contributed by atoms with van der Waals surface area (Å²) in [5, 5.41) is 58.6. The van der Waals surface area contributed by atoms with Crippen molar-refractivity contribution >= 4 is 62.4 Å². The Hall–Kier alpha value is -7.30. The van der Waals surface area contributed by atoms with Crippen molar-refractivity contribution in [1.82, 2.24) is 0 Å². The molecule has 0 aliphatic heterocycles. The Morgan fingerprint density at radius 2 is 1.29 bits per heavy atom. The van der Waals surface area contributed by atoms with Crippen molar-refractivity contribution in [3.8, 4) is 11.5 Å². The number of rotatable bonds is 10. The van der Waals surface area contributed by atoms with E-state index in [1.54, 1.807) is 0 Å². The van der Waals surface area contributed by atoms with E-state index in [0.29, 0.717) is 0 Å². The van der Waals surface area contributed by atoms with Crippen LogP contribution in [0.5, 0.6) is 11.5 Å². The summed E-state index contributed by atoms with van der Waals surface area (Å²) in [5.41, 5.74) is -1.27. The second-order valence-corrected chi connectivity index (χ2v) is 9.89. The summed E-state index contributed by atoms with van der Waals surface area (Å²) in [7, 11) is 1.31. The van der Waals surface area contributed by atoms with E-state index in [9.17, 15) is 45.0 Å². The number of hydrogen-bond donors (Lipinski definition) is 3. The maximum atomic E-state index is 13.4. The minimum Gasteiger partial charge on any atom is -0.505 e. The first-order valence-corrected chi connectivity index (χ1v) is 13.6. The number of phenolic OH excluding ortho intramolecular Hbond substituents is 1. The number of nitro benzene ring substituents is 3. The number of azo groups is 1. The molecule has 17 nitrogen and oxygen atoms in total. The van der Waals surface area contributed by atoms with Gasteiger partial charge in [-0.25, -0.2) is 0 Å². The van der Waals surface area contributed by atoms with Gasteiger partial charge in [0.05, 0.1) is 27.4 Å². The van der Waals surface area contributed by atoms with Gasteiger partial charge in [-0.1, -0.05) is 18.2 Å². The average molecular weight is 652 g/mol. The fraction of sp³-hybridized carbons (Fsp3) is 0.0323. The van der Waals surface area contributed by atoms with E-state index in [4.69, 9.17) is 4.74 Å². The van der Waals surface area contributed by atoms with Gasteiger partial charge in [-0.3, -0.25) is 39.9 Å². The Bertz CT molecular complexity index is 2190. The molecule has 0 unspecified atom stereocenters. The number of carbonyl (C=O) groups excluding carboxylic acids is 2. The van der Waals surface area contributed by atoms with Crippen molar-refractivity contribution in [2.24, 2.45) is 10.2 Å². The Morgan fingerprint density at radius 1 is 0.708 bits per heavy atom. The number of benzene rings is 5. The van der Waals surface area contributed by atoms with Crippen LogP contribution in [0.2, 0.25) is 0 Å². The summed E-state index contributed by atoms with van der Waals surface area (Å²) >= 11 is 0. The first-order valence-electron chi connectivity index (χ1n) is 13.6. The third-order valence-electron chi connectivity index (χ3n) is 6.85. The van der Waals surface area contributed by atoms with Gasteiger partial charge in [0.2, 0.25) is 0 Å². The molecule has 0 bridgehead atoms. The molecule has 0 spiro atoms. The monoisotopic (exact) mass is 651 g/mol. The van der Waals surface area contributed by atoms with E-state index >= 15 is 0 Å². The van der Waals surface area contributed by atoms with Gasteiger partial charge in [0.1, 0.15) is 17.1 Å². The SMILES string of the molecule is COc1ccc([N+](=O)[O-])cc1N=Nc1c(O)c(C(=O)Nc2cccc([N+](=O)[O-])c2)cc2cc(C(=O)Nc3cccc([N+](=O)[O-])c3)ccc12. The molecule has 2 amide bonds. The molecule has 0 radical (unpaired) electrons. The second-order valence-electron chi connectivity index (χ2n) is 9.89. The topological polar surface area (TPSA) is 242 Å². The molecule has 0 saturated carbocycles. The summed E-state index contributed by atoms with van der Waals surface area (Å²) in [6.45, 7) is 0. The Balaban J connectivity index is 1.60. The van der Waals surface area contributed by atoms with Crippen LogP contribution >= 0.6 is 0 Å². The van der Waals surface area contributed by atoms with Crippen LogP contribution in [-0.2, 0) is 0 Å². The van der Waals surface area contributed by atoms with Crippen molar-refractivity contribution in [3.05, 3.63) is 132 Å². The highest BCUT2D eigenvalue weighted by molar-refractivity contribution is 6.13. The van der Waals surface area contributed by atoms with Gasteiger partial charge in [0.15, 0.2) is 5.75 Å². The molecule has 5 aromatic rings. The average Bonchev–Trinajstić information content (AvgIpc) is 3.07. The van der Waals surface area contributed by atoms with Gasteiger partial charge in [0, 0.05) is 58.7 Å². The Labute approximate surface area is 268 Å². The van der Waals surface area contributed by atoms with Crippen molar-refractivity contribution in [2.45, 2.75) is 0 Å². The zero-order valence-electron chi connectivity index (χ0n) is 24.5. The number of methoxy groups -OCH3 is 1. The molecule has 0 aliphatic carbocycles. The molecule has 48 heavy (non-hydrogen) atoms. The lowest BCUT2D eigenvalue weighted by Gasteiger charge is -2.13. The van der Waals surface area contributed by atoms with Crippen LogP contribution in [0.15, 0.2) is 101 Å². The number of nitro groups is 3. The quantitative estimate of drug-likeness (QED) is 0.0778. The molecule has 240 valence electrons. The van der Waals surface area contributed by atoms with Crippen molar-refractivity contribution in [2.75, 3.05) is 17.7 Å². The van der Waals surface area contributed by atoms with E-state index < -0.39 is 32.3 Å². The maximum Gasteiger partial charge on any atom is 0.271 e. The minimum absolute atomic E-state index is 0.0447. The zero-order chi connectivity index (χ0) is 34.5. The van der Waals surface area contributed by atoms with Crippen molar-refractivity contribution < 1.29 is 34.2 Å². The van der Waals surface area contributed by atoms with Gasteiger partial charge >= 0.3 is 0 Å². The lowest BCUT2D eigenvalue weighted by Crippen LogP contribution is -2.13. The first-order chi connectivity index (χ1) is 22.9. The number of nitrogens with one attached hydrogen (secondary N) is 2. The van der Waals surface area contributed by atoms with E-state index in [1.165, 1.54) is 86.0 Å². The summed E-state index contributed by atoms with van der Waals surface area (Å²) in [6.07, 6.45) is 0. The molecule has 0 fully saturated rings. The van der Waals surface area contributed by atoms with Crippen LogP contribution in [0.1, 0.15) is 20.7 Å². The summed E-state index contributed by atoms with van der Waals surface area (Å²) in [6, 6.07) is 19.4. The molecular weight excluding hydrogens is 630 g/mol. The van der Waals surface area contributed by atoms with Crippen LogP contribution in [0, 0.1) is 30.3 Å². The number of nitrogens with zero attached hydrogens (tertiary/aromatic N) is 5. The number of hydrogen-bond acceptors (Lipinski definition) is 12. The number of amides is 2. The maximum absolute atomic E-state index is 13.4. The number of phenols is 1. The molecule has 0 saturated heterocycles. The Kier molecular flexibility index (Phi) is 8.94. The number of aromatic hydroxyl groups is 1. The van der Waals surface area contributed by atoms with Gasteiger partial charge < -0.3 is 20.5 Å². The molecule has 5 rings (SSSR count). The predicted molar refractivity (Wildman–Crippen MR) is 172 cm³/mol. The molecule has 17 heteroatoms. The number of anilines is 2. The third-order valence-corrected chi connectivity index (χ3v) is 6.85. The molecule has 5 aromatic carbocycles. The zero-order valence-corrected chi connectivity index (χ0v) is 24.5. The molecule has 0 aliphatic rings. The highest BCUT2D eigenvalue weighted by Gasteiger charge is 2.21. The van der Waals surface area contributed by atoms with E-state index in [0.717, 1.165) is 12.1 Å². The van der Waals surface area contributed by atoms with Crippen LogP contribution in [0.25, 0.3) is 10.8 Å². The lowest BCUT2D eigenvalue weighted by molar-refractivity contribution is -0.385. The smallest absolute Gasteiger partial charge is 0.271 e. The number of non-ortho nitro benzene ring substituents is 3. The predicted octanol–water partition coefficient (Wildman–Crippen LogP) is 7.20. The largest absolute Gasteiger partial charge is 0.505 e. The lowest BCUT2D eigenvalue weighted by atomic mass is 10.00. The van der Waals surface area contributed by atoms with Crippen LogP contribution < -0.4 is 15.4 Å². The Morgan fingerprint density at radius 3 is 1.88 bits per heavy atom. The standard InChI is InChI=1S/C31H21N7O10/c1-48-27-11-9-23(38(46)47)16-26(27)34-35-28-24-10-8-17(30(40)32-19-4-2-6-21(14-19)36(42)43)12-18(24)13-25(29(28)39)31(41)33-20-5-3-7-22(15-20)37(44)45/h2-16,39H,1H3,(H,32,40)(H,33,41). The number of ether oxygens (including phenoxy) is 1. The van der Waals surface area contributed by atoms with Gasteiger partial charge in [-0.05, 0) is 41.8 Å². The number of carbonyl (C=O) groups is 2. The molecule has 0 atom stereocenters. The molecule has 0 heterocycles. The fourth-order valence-corrected chi connectivity index (χ4v) is 4.56. The van der Waals surface area contributed by atoms with Gasteiger partial charge in [-0.15, -0.1) is 10.2 Å². The number of fused-ring (bicyclic) bond motifs is 1. The first kappa shape index (κ1) is 32.1. The van der Waals surface area contributed by atoms with Gasteiger partial charge in [0.25, 0.3) is 28.9 Å². The van der Waals surface area contributed by atoms with Crippen LogP contribution in [-0.4, -0.2) is 38.8 Å². The normalized spacial score (nSPS) is 10.9.